The summed E-state index contributed by atoms with van der Waals surface area (Å²) >= 11 is 0. The molecule has 0 atom stereocenters. The van der Waals surface area contributed by atoms with E-state index in [2.05, 4.69) is 39.8 Å². The van der Waals surface area contributed by atoms with E-state index >= 15 is 0 Å². The van der Waals surface area contributed by atoms with E-state index in [9.17, 15) is 10.5 Å². The largest absolute Gasteiger partial charge is 0.488 e. The van der Waals surface area contributed by atoms with Crippen LogP contribution in [0.25, 0.3) is 6.08 Å². The number of rotatable bonds is 5. The van der Waals surface area contributed by atoms with Crippen molar-refractivity contribution in [1.29, 1.82) is 10.5 Å². The first kappa shape index (κ1) is 16.8. The Morgan fingerprint density at radius 1 is 1.05 bits per heavy atom. The van der Waals surface area contributed by atoms with E-state index in [1.807, 2.05) is 25.1 Å². The smallest absolute Gasteiger partial charge is 0.146 e. The minimum absolute atomic E-state index is 0.00458. The number of benzene rings is 1. The number of allylic oxidation sites excluding steroid dienone is 1. The van der Waals surface area contributed by atoms with Crippen molar-refractivity contribution in [2.75, 3.05) is 0 Å². The van der Waals surface area contributed by atoms with Gasteiger partial charge < -0.3 is 4.74 Å². The van der Waals surface area contributed by atoms with E-state index in [4.69, 9.17) is 4.74 Å². The Morgan fingerprint density at radius 2 is 1.67 bits per heavy atom. The van der Waals surface area contributed by atoms with Gasteiger partial charge in [-0.3, -0.25) is 0 Å². The second-order valence-electron chi connectivity index (χ2n) is 5.70. The van der Waals surface area contributed by atoms with Gasteiger partial charge in [0.05, 0.1) is 5.56 Å². The summed E-state index contributed by atoms with van der Waals surface area (Å²) in [6, 6.07) is 7.67. The van der Waals surface area contributed by atoms with Crippen LogP contribution in [0, 0.1) is 34.5 Å². The lowest BCUT2D eigenvalue weighted by Crippen LogP contribution is -2.29. The van der Waals surface area contributed by atoms with Crippen LogP contribution in [0.4, 0.5) is 0 Å². The third-order valence-corrected chi connectivity index (χ3v) is 3.33. The van der Waals surface area contributed by atoms with Crippen molar-refractivity contribution >= 4 is 6.08 Å². The molecule has 3 heteroatoms. The van der Waals surface area contributed by atoms with Gasteiger partial charge in [-0.1, -0.05) is 39.8 Å². The van der Waals surface area contributed by atoms with Gasteiger partial charge in [0, 0.05) is 5.56 Å². The zero-order valence-electron chi connectivity index (χ0n) is 13.3. The zero-order chi connectivity index (χ0) is 16.0. The van der Waals surface area contributed by atoms with Crippen LogP contribution >= 0.6 is 0 Å². The number of hydrogen-bond acceptors (Lipinski definition) is 3. The fraction of sp³-hybridized carbons (Fsp3) is 0.444. The average Bonchev–Trinajstić information content (AvgIpc) is 2.44. The molecule has 0 aromatic heterocycles. The van der Waals surface area contributed by atoms with Gasteiger partial charge in [0.2, 0.25) is 0 Å². The molecule has 0 heterocycles. The molecule has 0 N–H and O–H groups in total. The summed E-state index contributed by atoms with van der Waals surface area (Å²) in [5.74, 6) is 1.16. The maximum absolute atomic E-state index is 9.41. The first-order valence-corrected chi connectivity index (χ1v) is 7.22. The summed E-state index contributed by atoms with van der Waals surface area (Å²) in [6.07, 6.45) is 3.79. The van der Waals surface area contributed by atoms with Crippen molar-refractivity contribution in [1.82, 2.24) is 0 Å². The lowest BCUT2D eigenvalue weighted by molar-refractivity contribution is 0.104. The molecule has 0 unspecified atom stereocenters. The summed E-state index contributed by atoms with van der Waals surface area (Å²) < 4.78 is 6.16. The number of nitriles is 2. The summed E-state index contributed by atoms with van der Waals surface area (Å²) in [7, 11) is 0. The Morgan fingerprint density at radius 3 is 2.10 bits per heavy atom. The fourth-order valence-electron chi connectivity index (χ4n) is 2.42. The topological polar surface area (TPSA) is 56.8 Å². The lowest BCUT2D eigenvalue weighted by atomic mass is 9.95. The van der Waals surface area contributed by atoms with Crippen LogP contribution in [-0.2, 0) is 0 Å². The van der Waals surface area contributed by atoms with Gasteiger partial charge in [0.15, 0.2) is 0 Å². The highest BCUT2D eigenvalue weighted by Crippen LogP contribution is 2.31. The molecule has 110 valence electrons. The lowest BCUT2D eigenvalue weighted by Gasteiger charge is -2.27. The van der Waals surface area contributed by atoms with Crippen LogP contribution in [-0.4, -0.2) is 6.10 Å². The maximum Gasteiger partial charge on any atom is 0.146 e. The highest BCUT2D eigenvalue weighted by atomic mass is 16.5. The molecule has 0 radical (unpaired) electrons. The van der Waals surface area contributed by atoms with Crippen LogP contribution < -0.4 is 4.74 Å². The highest BCUT2D eigenvalue weighted by molar-refractivity contribution is 5.66. The third-order valence-electron chi connectivity index (χ3n) is 3.33. The van der Waals surface area contributed by atoms with Crippen LogP contribution in [0.1, 0.15) is 51.3 Å². The molecule has 0 aliphatic carbocycles. The SMILES string of the molecule is CC=Cc1ccc(C#N)c(C#N)c1OC(C(C)C)C(C)C. The maximum atomic E-state index is 9.41. The second-order valence-corrected chi connectivity index (χ2v) is 5.70. The van der Waals surface area contributed by atoms with Gasteiger partial charge in [0.1, 0.15) is 29.6 Å². The molecule has 0 saturated carbocycles. The molecular formula is C18H22N2O. The molecule has 0 fully saturated rings. The van der Waals surface area contributed by atoms with E-state index in [1.165, 1.54) is 0 Å². The molecule has 0 aliphatic rings. The van der Waals surface area contributed by atoms with Crippen molar-refractivity contribution in [3.05, 3.63) is 34.9 Å². The summed E-state index contributed by atoms with van der Waals surface area (Å²) in [4.78, 5) is 0. The summed E-state index contributed by atoms with van der Waals surface area (Å²) in [6.45, 7) is 10.3. The number of hydrogen-bond donors (Lipinski definition) is 0. The van der Waals surface area contributed by atoms with E-state index in [1.54, 1.807) is 6.07 Å². The normalized spacial score (nSPS) is 11.1. The van der Waals surface area contributed by atoms with Crippen molar-refractivity contribution in [2.24, 2.45) is 11.8 Å². The predicted octanol–water partition coefficient (Wildman–Crippen LogP) is 4.52. The minimum Gasteiger partial charge on any atom is -0.488 e. The molecule has 0 aliphatic heterocycles. The summed E-state index contributed by atoms with van der Waals surface area (Å²) in [5, 5.41) is 18.6. The fourth-order valence-corrected chi connectivity index (χ4v) is 2.42. The Bertz CT molecular complexity index is 593. The molecule has 0 bridgehead atoms. The Hall–Kier alpha value is -2.26. The predicted molar refractivity (Wildman–Crippen MR) is 84.7 cm³/mol. The number of ether oxygens (including phenoxy) is 1. The zero-order valence-corrected chi connectivity index (χ0v) is 13.3. The number of nitrogens with zero attached hydrogens (tertiary/aromatic N) is 2. The van der Waals surface area contributed by atoms with E-state index < -0.39 is 0 Å². The van der Waals surface area contributed by atoms with E-state index in [0.29, 0.717) is 28.7 Å². The standard InChI is InChI=1S/C18H22N2O/c1-6-7-14-8-9-15(10-19)16(11-20)18(14)21-17(12(2)3)13(4)5/h6-9,12-13,17H,1-5H3. The first-order valence-electron chi connectivity index (χ1n) is 7.22. The average molecular weight is 282 g/mol. The quantitative estimate of drug-likeness (QED) is 0.797. The van der Waals surface area contributed by atoms with Gasteiger partial charge in [-0.15, -0.1) is 0 Å². The van der Waals surface area contributed by atoms with Gasteiger partial charge in [-0.25, -0.2) is 0 Å². The van der Waals surface area contributed by atoms with Crippen LogP contribution in [0.3, 0.4) is 0 Å². The van der Waals surface area contributed by atoms with E-state index in [-0.39, 0.29) is 6.10 Å². The van der Waals surface area contributed by atoms with Crippen molar-refractivity contribution in [2.45, 2.75) is 40.7 Å². The van der Waals surface area contributed by atoms with Gasteiger partial charge in [-0.05, 0) is 30.9 Å². The van der Waals surface area contributed by atoms with Gasteiger partial charge in [0.25, 0.3) is 0 Å². The minimum atomic E-state index is -0.00458. The van der Waals surface area contributed by atoms with Gasteiger partial charge >= 0.3 is 0 Å². The summed E-state index contributed by atoms with van der Waals surface area (Å²) in [5.41, 5.74) is 1.51. The van der Waals surface area contributed by atoms with Gasteiger partial charge in [-0.2, -0.15) is 10.5 Å². The Kier molecular flexibility index (Phi) is 6.00. The molecule has 0 saturated heterocycles. The molecule has 21 heavy (non-hydrogen) atoms. The molecule has 1 aromatic rings. The van der Waals surface area contributed by atoms with Crippen molar-refractivity contribution < 1.29 is 4.74 Å². The van der Waals surface area contributed by atoms with Crippen LogP contribution in [0.5, 0.6) is 5.75 Å². The second kappa shape index (κ2) is 7.50. The van der Waals surface area contributed by atoms with Crippen LogP contribution in [0.2, 0.25) is 0 Å². The monoisotopic (exact) mass is 282 g/mol. The third kappa shape index (κ3) is 3.86. The van der Waals surface area contributed by atoms with Crippen molar-refractivity contribution in [3.8, 4) is 17.9 Å². The van der Waals surface area contributed by atoms with E-state index in [0.717, 1.165) is 5.56 Å². The highest BCUT2D eigenvalue weighted by Gasteiger charge is 2.23. The molecular weight excluding hydrogens is 260 g/mol. The molecule has 1 rings (SSSR count). The first-order chi connectivity index (χ1) is 9.96. The van der Waals surface area contributed by atoms with Crippen molar-refractivity contribution in [3.63, 3.8) is 0 Å². The van der Waals surface area contributed by atoms with Crippen LogP contribution in [0.15, 0.2) is 18.2 Å². The Labute approximate surface area is 127 Å². The Balaban J connectivity index is 3.44. The molecule has 1 aromatic carbocycles. The molecule has 0 amide bonds. The molecule has 0 spiro atoms. The molecule has 3 nitrogen and oxygen atoms in total.